The van der Waals surface area contributed by atoms with Crippen LogP contribution in [0.2, 0.25) is 0 Å². The molecule has 0 saturated heterocycles. The van der Waals surface area contributed by atoms with E-state index in [1.165, 1.54) is 6.26 Å². The minimum atomic E-state index is -1.17. The fraction of sp³-hybridized carbons (Fsp3) is 0.480. The van der Waals surface area contributed by atoms with Crippen LogP contribution in [0.25, 0.3) is 5.57 Å². The number of ether oxygens (including phenoxy) is 1. The predicted octanol–water partition coefficient (Wildman–Crippen LogP) is 5.79. The van der Waals surface area contributed by atoms with E-state index >= 15 is 0 Å². The number of furan rings is 1. The Morgan fingerprint density at radius 2 is 1.86 bits per heavy atom. The van der Waals surface area contributed by atoms with Gasteiger partial charge in [0, 0.05) is 0 Å². The number of carbonyl (C=O) groups is 1. The summed E-state index contributed by atoms with van der Waals surface area (Å²) < 4.78 is 11.4. The van der Waals surface area contributed by atoms with E-state index in [1.54, 1.807) is 12.1 Å². The van der Waals surface area contributed by atoms with Crippen molar-refractivity contribution in [2.75, 3.05) is 0 Å². The molecule has 1 aliphatic rings. The molecule has 1 aromatic carbocycles. The molecule has 1 fully saturated rings. The normalized spacial score (nSPS) is 24.1. The van der Waals surface area contributed by atoms with E-state index in [0.29, 0.717) is 29.1 Å². The van der Waals surface area contributed by atoms with E-state index in [0.717, 1.165) is 24.8 Å². The number of aliphatic hydroxyl groups is 1. The number of hydrogen-bond donors (Lipinski definition) is 1. The highest BCUT2D eigenvalue weighted by molar-refractivity contribution is 5.98. The summed E-state index contributed by atoms with van der Waals surface area (Å²) in [6, 6.07) is 13.0. The monoisotopic (exact) mass is 396 g/mol. The molecule has 3 rings (SSSR count). The van der Waals surface area contributed by atoms with Crippen LogP contribution in [0.5, 0.6) is 0 Å². The van der Waals surface area contributed by atoms with Gasteiger partial charge in [-0.25, -0.2) is 4.79 Å². The van der Waals surface area contributed by atoms with E-state index in [-0.39, 0.29) is 11.7 Å². The summed E-state index contributed by atoms with van der Waals surface area (Å²) in [4.78, 5) is 13.4. The molecule has 29 heavy (non-hydrogen) atoms. The summed E-state index contributed by atoms with van der Waals surface area (Å²) in [5, 5.41) is 11.0. The number of carbonyl (C=O) groups excluding carboxylic acids is 1. The molecular weight excluding hydrogens is 364 g/mol. The lowest BCUT2D eigenvalue weighted by molar-refractivity contribution is -0.152. The molecule has 4 nitrogen and oxygen atoms in total. The van der Waals surface area contributed by atoms with Crippen LogP contribution >= 0.6 is 0 Å². The maximum Gasteiger partial charge on any atom is 0.337 e. The van der Waals surface area contributed by atoms with Crippen molar-refractivity contribution in [1.29, 1.82) is 0 Å². The highest BCUT2D eigenvalue weighted by Gasteiger charge is 2.36. The molecule has 156 valence electrons. The van der Waals surface area contributed by atoms with Crippen molar-refractivity contribution in [1.82, 2.24) is 0 Å². The molecule has 0 bridgehead atoms. The second-order valence-electron chi connectivity index (χ2n) is 8.59. The minimum Gasteiger partial charge on any atom is -0.466 e. The van der Waals surface area contributed by atoms with E-state index < -0.39 is 12.1 Å². The van der Waals surface area contributed by atoms with E-state index in [2.05, 4.69) is 20.8 Å². The number of rotatable bonds is 6. The Morgan fingerprint density at radius 1 is 1.14 bits per heavy atom. The third-order valence-electron chi connectivity index (χ3n) is 6.14. The van der Waals surface area contributed by atoms with Gasteiger partial charge in [0.05, 0.1) is 11.8 Å². The Hall–Kier alpha value is -2.33. The van der Waals surface area contributed by atoms with Gasteiger partial charge in [-0.05, 0) is 60.8 Å². The van der Waals surface area contributed by atoms with Gasteiger partial charge in [0.1, 0.15) is 18.0 Å². The van der Waals surface area contributed by atoms with Gasteiger partial charge < -0.3 is 14.3 Å². The third kappa shape index (κ3) is 4.99. The average molecular weight is 397 g/mol. The summed E-state index contributed by atoms with van der Waals surface area (Å²) >= 11 is 0. The first-order valence-corrected chi connectivity index (χ1v) is 10.6. The Morgan fingerprint density at radius 3 is 2.48 bits per heavy atom. The molecule has 4 heteroatoms. The van der Waals surface area contributed by atoms with Crippen molar-refractivity contribution in [3.05, 3.63) is 65.6 Å². The van der Waals surface area contributed by atoms with E-state index in [9.17, 15) is 9.90 Å². The number of allylic oxidation sites excluding steroid dienone is 1. The molecule has 4 atom stereocenters. The average Bonchev–Trinajstić information content (AvgIpc) is 3.23. The summed E-state index contributed by atoms with van der Waals surface area (Å²) in [7, 11) is 0. The number of esters is 1. The molecule has 0 unspecified atom stereocenters. The van der Waals surface area contributed by atoms with Crippen LogP contribution in [0.1, 0.15) is 64.4 Å². The maximum atomic E-state index is 13.4. The van der Waals surface area contributed by atoms with Crippen LogP contribution < -0.4 is 0 Å². The second-order valence-corrected chi connectivity index (χ2v) is 8.59. The van der Waals surface area contributed by atoms with Gasteiger partial charge in [-0.2, -0.15) is 0 Å². The Labute approximate surface area is 173 Å². The zero-order chi connectivity index (χ0) is 21.0. The fourth-order valence-electron chi connectivity index (χ4n) is 4.35. The number of hydrogen-bond acceptors (Lipinski definition) is 4. The molecule has 1 aliphatic carbocycles. The third-order valence-corrected chi connectivity index (χ3v) is 6.14. The van der Waals surface area contributed by atoms with Crippen molar-refractivity contribution in [3.63, 3.8) is 0 Å². The van der Waals surface area contributed by atoms with Crippen LogP contribution in [0.3, 0.4) is 0 Å². The van der Waals surface area contributed by atoms with Crippen molar-refractivity contribution in [3.8, 4) is 0 Å². The van der Waals surface area contributed by atoms with Gasteiger partial charge in [0.2, 0.25) is 0 Å². The van der Waals surface area contributed by atoms with Crippen LogP contribution in [0, 0.1) is 17.8 Å². The Balaban J connectivity index is 1.94. The van der Waals surface area contributed by atoms with Crippen LogP contribution in [-0.2, 0) is 9.53 Å². The van der Waals surface area contributed by atoms with E-state index in [4.69, 9.17) is 9.15 Å². The van der Waals surface area contributed by atoms with Gasteiger partial charge in [0.15, 0.2) is 0 Å². The summed E-state index contributed by atoms with van der Waals surface area (Å²) in [5.41, 5.74) is 1.82. The van der Waals surface area contributed by atoms with Crippen molar-refractivity contribution < 1.29 is 19.1 Å². The van der Waals surface area contributed by atoms with Gasteiger partial charge in [-0.3, -0.25) is 0 Å². The van der Waals surface area contributed by atoms with Crippen molar-refractivity contribution in [2.24, 2.45) is 17.8 Å². The molecule has 1 N–H and O–H groups in total. The molecule has 1 saturated carbocycles. The smallest absolute Gasteiger partial charge is 0.337 e. The van der Waals surface area contributed by atoms with Crippen molar-refractivity contribution >= 4 is 11.5 Å². The van der Waals surface area contributed by atoms with Crippen LogP contribution in [0.4, 0.5) is 0 Å². The van der Waals surface area contributed by atoms with Gasteiger partial charge in [0.25, 0.3) is 0 Å². The summed E-state index contributed by atoms with van der Waals surface area (Å²) in [5.74, 6) is 1.19. The molecule has 0 spiro atoms. The quantitative estimate of drug-likeness (QED) is 0.496. The summed E-state index contributed by atoms with van der Waals surface area (Å²) in [6.07, 6.45) is 3.29. The van der Waals surface area contributed by atoms with E-state index in [1.807, 2.05) is 37.3 Å². The number of benzene rings is 1. The first kappa shape index (κ1) is 21.4. The minimum absolute atomic E-state index is 0.131. The van der Waals surface area contributed by atoms with Crippen molar-refractivity contribution in [2.45, 2.75) is 59.2 Å². The standard InChI is InChI=1S/C25H32O4/c1-16(2)20-13-12-17(3)15-22(20)29-25(27)23(24(26)21-11-8-14-28-21)18(4)19-9-6-5-7-10-19/h5-11,14,16-17,20,22,24,26H,12-13,15H2,1-4H3/b23-18-/t17-,20+,22-,24-/m1/s1. The second kappa shape index (κ2) is 9.45. The highest BCUT2D eigenvalue weighted by Crippen LogP contribution is 2.37. The lowest BCUT2D eigenvalue weighted by Crippen LogP contribution is -2.36. The fourth-order valence-corrected chi connectivity index (χ4v) is 4.35. The number of aliphatic hydroxyl groups excluding tert-OH is 1. The Bertz CT molecular complexity index is 820. The predicted molar refractivity (Wildman–Crippen MR) is 114 cm³/mol. The molecular formula is C25H32O4. The van der Waals surface area contributed by atoms with Crippen LogP contribution in [0.15, 0.2) is 58.7 Å². The molecule has 0 radical (unpaired) electrons. The first-order chi connectivity index (χ1) is 13.9. The zero-order valence-electron chi connectivity index (χ0n) is 17.8. The molecule has 1 heterocycles. The van der Waals surface area contributed by atoms with Gasteiger partial charge >= 0.3 is 5.97 Å². The molecule has 0 aliphatic heterocycles. The first-order valence-electron chi connectivity index (χ1n) is 10.6. The summed E-state index contributed by atoms with van der Waals surface area (Å²) in [6.45, 7) is 8.43. The van der Waals surface area contributed by atoms with Gasteiger partial charge in [-0.1, -0.05) is 57.5 Å². The topological polar surface area (TPSA) is 59.7 Å². The largest absolute Gasteiger partial charge is 0.466 e. The Kier molecular flexibility index (Phi) is 6.96. The zero-order valence-corrected chi connectivity index (χ0v) is 17.8. The maximum absolute atomic E-state index is 13.4. The van der Waals surface area contributed by atoms with Crippen LogP contribution in [-0.4, -0.2) is 17.2 Å². The highest BCUT2D eigenvalue weighted by atomic mass is 16.5. The molecule has 0 amide bonds. The lowest BCUT2D eigenvalue weighted by atomic mass is 9.75. The SMILES string of the molecule is C/C(=C(/C(=O)O[C@@H]1C[C@H](C)CC[C@H]1C(C)C)[C@H](O)c1ccco1)c1ccccc1. The molecule has 1 aromatic heterocycles. The van der Waals surface area contributed by atoms with Gasteiger partial charge in [-0.15, -0.1) is 0 Å². The lowest BCUT2D eigenvalue weighted by Gasteiger charge is -2.37. The molecule has 2 aromatic rings.